The Balaban J connectivity index is 2.31. The molecule has 0 aliphatic carbocycles. The molecule has 82 valence electrons. The van der Waals surface area contributed by atoms with Crippen molar-refractivity contribution in [1.82, 2.24) is 15.3 Å². The zero-order valence-corrected chi connectivity index (χ0v) is 9.30. The smallest absolute Gasteiger partial charge is 0.0491 e. The van der Waals surface area contributed by atoms with Crippen molar-refractivity contribution >= 4 is 0 Å². The van der Waals surface area contributed by atoms with E-state index in [0.717, 1.165) is 12.2 Å². The van der Waals surface area contributed by atoms with Crippen molar-refractivity contribution in [2.75, 3.05) is 13.6 Å². The van der Waals surface area contributed by atoms with Crippen molar-refractivity contribution in [3.63, 3.8) is 0 Å². The average molecular weight is 213 g/mol. The minimum absolute atomic E-state index is 0.264. The van der Waals surface area contributed by atoms with Crippen molar-refractivity contribution in [1.29, 1.82) is 0 Å². The summed E-state index contributed by atoms with van der Waals surface area (Å²) in [5.41, 5.74) is 2.26. The van der Waals surface area contributed by atoms with Gasteiger partial charge in [-0.25, -0.2) is 0 Å². The monoisotopic (exact) mass is 213 g/mol. The first-order valence-electron chi connectivity index (χ1n) is 5.37. The van der Waals surface area contributed by atoms with Gasteiger partial charge < -0.3 is 5.32 Å². The molecule has 1 N–H and O–H groups in total. The lowest BCUT2D eigenvalue weighted by atomic mass is 9.97. The molecule has 0 aromatic carbocycles. The summed E-state index contributed by atoms with van der Waals surface area (Å²) in [6, 6.07) is 10.0. The first kappa shape index (κ1) is 10.8. The predicted molar refractivity (Wildman–Crippen MR) is 64.2 cm³/mol. The molecule has 0 amide bonds. The number of nitrogens with zero attached hydrogens (tertiary/aromatic N) is 2. The number of nitrogens with one attached hydrogen (secondary N) is 1. The zero-order chi connectivity index (χ0) is 11.2. The minimum atomic E-state index is 0.264. The molecule has 2 heterocycles. The number of rotatable bonds is 4. The highest BCUT2D eigenvalue weighted by Crippen LogP contribution is 2.20. The van der Waals surface area contributed by atoms with Crippen LogP contribution >= 0.6 is 0 Å². The van der Waals surface area contributed by atoms with Crippen molar-refractivity contribution in [3.05, 3.63) is 60.2 Å². The highest BCUT2D eigenvalue weighted by molar-refractivity contribution is 5.26. The van der Waals surface area contributed by atoms with E-state index in [9.17, 15) is 0 Å². The third kappa shape index (κ3) is 2.44. The van der Waals surface area contributed by atoms with Crippen LogP contribution in [0.15, 0.2) is 48.9 Å². The lowest BCUT2D eigenvalue weighted by Gasteiger charge is -2.15. The molecule has 2 rings (SSSR count). The Morgan fingerprint density at radius 2 is 2.12 bits per heavy atom. The van der Waals surface area contributed by atoms with Crippen LogP contribution in [0.3, 0.4) is 0 Å². The summed E-state index contributed by atoms with van der Waals surface area (Å²) in [6.45, 7) is 0.864. The first-order valence-corrected chi connectivity index (χ1v) is 5.37. The van der Waals surface area contributed by atoms with E-state index >= 15 is 0 Å². The van der Waals surface area contributed by atoms with Gasteiger partial charge in [0.2, 0.25) is 0 Å². The third-order valence-electron chi connectivity index (χ3n) is 2.54. The number of aromatic nitrogens is 2. The average Bonchev–Trinajstić information content (AvgIpc) is 2.38. The van der Waals surface area contributed by atoms with Crippen molar-refractivity contribution in [3.8, 4) is 0 Å². The van der Waals surface area contributed by atoms with Gasteiger partial charge in [-0.3, -0.25) is 9.97 Å². The van der Waals surface area contributed by atoms with E-state index in [4.69, 9.17) is 0 Å². The van der Waals surface area contributed by atoms with Gasteiger partial charge in [0, 0.05) is 36.7 Å². The van der Waals surface area contributed by atoms with E-state index < -0.39 is 0 Å². The van der Waals surface area contributed by atoms with E-state index in [0.29, 0.717) is 0 Å². The predicted octanol–water partition coefficient (Wildman–Crippen LogP) is 1.83. The molecule has 3 heteroatoms. The van der Waals surface area contributed by atoms with Gasteiger partial charge in [0.15, 0.2) is 0 Å². The molecular formula is C13H15N3. The fourth-order valence-electron chi connectivity index (χ4n) is 1.76. The second-order valence-electron chi connectivity index (χ2n) is 3.65. The lowest BCUT2D eigenvalue weighted by Crippen LogP contribution is -2.19. The Labute approximate surface area is 95.6 Å². The van der Waals surface area contributed by atoms with Gasteiger partial charge in [0.05, 0.1) is 0 Å². The summed E-state index contributed by atoms with van der Waals surface area (Å²) in [5, 5.41) is 3.20. The third-order valence-corrected chi connectivity index (χ3v) is 2.54. The Bertz CT molecular complexity index is 374. The van der Waals surface area contributed by atoms with Crippen LogP contribution in [-0.4, -0.2) is 23.6 Å². The van der Waals surface area contributed by atoms with Crippen molar-refractivity contribution < 1.29 is 0 Å². The van der Waals surface area contributed by atoms with Gasteiger partial charge in [0.1, 0.15) is 0 Å². The summed E-state index contributed by atoms with van der Waals surface area (Å²) in [6.07, 6.45) is 5.52. The van der Waals surface area contributed by atoms with Gasteiger partial charge in [-0.15, -0.1) is 0 Å². The van der Waals surface area contributed by atoms with Crippen LogP contribution in [-0.2, 0) is 0 Å². The number of hydrogen-bond donors (Lipinski definition) is 1. The van der Waals surface area contributed by atoms with Crippen LogP contribution in [0.4, 0.5) is 0 Å². The second-order valence-corrected chi connectivity index (χ2v) is 3.65. The summed E-state index contributed by atoms with van der Waals surface area (Å²) < 4.78 is 0. The molecule has 0 bridgehead atoms. The molecule has 16 heavy (non-hydrogen) atoms. The summed E-state index contributed by atoms with van der Waals surface area (Å²) >= 11 is 0. The number of hydrogen-bond acceptors (Lipinski definition) is 3. The Morgan fingerprint density at radius 3 is 2.75 bits per heavy atom. The van der Waals surface area contributed by atoms with Gasteiger partial charge in [-0.05, 0) is 30.8 Å². The van der Waals surface area contributed by atoms with E-state index in [1.165, 1.54) is 5.56 Å². The summed E-state index contributed by atoms with van der Waals surface area (Å²) in [4.78, 5) is 8.56. The molecule has 0 fully saturated rings. The van der Waals surface area contributed by atoms with E-state index in [1.54, 1.807) is 6.20 Å². The fourth-order valence-corrected chi connectivity index (χ4v) is 1.76. The Morgan fingerprint density at radius 1 is 1.19 bits per heavy atom. The van der Waals surface area contributed by atoms with Gasteiger partial charge in [-0.1, -0.05) is 12.1 Å². The maximum Gasteiger partial charge on any atom is 0.0491 e. The normalized spacial score (nSPS) is 12.3. The quantitative estimate of drug-likeness (QED) is 0.842. The minimum Gasteiger partial charge on any atom is -0.319 e. The number of pyridine rings is 2. The largest absolute Gasteiger partial charge is 0.319 e. The standard InChI is InChI=1S/C13H15N3/c1-14-10-12(11-5-4-7-15-9-11)13-6-2-3-8-16-13/h2-9,12,14H,10H2,1H3. The molecule has 1 atom stereocenters. The fraction of sp³-hybridized carbons (Fsp3) is 0.231. The molecule has 0 saturated heterocycles. The molecule has 2 aromatic heterocycles. The van der Waals surface area contributed by atoms with Crippen LogP contribution < -0.4 is 5.32 Å². The molecule has 1 unspecified atom stereocenters. The first-order chi connectivity index (χ1) is 7.92. The van der Waals surface area contributed by atoms with E-state index in [-0.39, 0.29) is 5.92 Å². The Hall–Kier alpha value is -1.74. The van der Waals surface area contributed by atoms with Crippen LogP contribution in [0.1, 0.15) is 17.2 Å². The lowest BCUT2D eigenvalue weighted by molar-refractivity contribution is 0.689. The van der Waals surface area contributed by atoms with Gasteiger partial charge in [-0.2, -0.15) is 0 Å². The molecular weight excluding hydrogens is 198 g/mol. The van der Waals surface area contributed by atoms with Crippen LogP contribution in [0.5, 0.6) is 0 Å². The SMILES string of the molecule is CNCC(c1cccnc1)c1ccccn1. The molecule has 0 aliphatic heterocycles. The summed E-state index contributed by atoms with van der Waals surface area (Å²) in [5.74, 6) is 0.264. The van der Waals surface area contributed by atoms with Gasteiger partial charge >= 0.3 is 0 Å². The van der Waals surface area contributed by atoms with E-state index in [2.05, 4.69) is 27.4 Å². The van der Waals surface area contributed by atoms with Crippen molar-refractivity contribution in [2.45, 2.75) is 5.92 Å². The van der Waals surface area contributed by atoms with Crippen LogP contribution in [0.25, 0.3) is 0 Å². The molecule has 0 spiro atoms. The molecule has 0 radical (unpaired) electrons. The van der Waals surface area contributed by atoms with Crippen molar-refractivity contribution in [2.24, 2.45) is 0 Å². The maximum absolute atomic E-state index is 4.41. The summed E-state index contributed by atoms with van der Waals surface area (Å²) in [7, 11) is 1.95. The molecule has 2 aromatic rings. The highest BCUT2D eigenvalue weighted by Gasteiger charge is 2.13. The van der Waals surface area contributed by atoms with Crippen LogP contribution in [0.2, 0.25) is 0 Å². The zero-order valence-electron chi connectivity index (χ0n) is 9.30. The highest BCUT2D eigenvalue weighted by atomic mass is 14.8. The molecule has 0 aliphatic rings. The molecule has 0 saturated carbocycles. The topological polar surface area (TPSA) is 37.8 Å². The number of likely N-dealkylation sites (N-methyl/N-ethyl adjacent to an activating group) is 1. The van der Waals surface area contributed by atoms with E-state index in [1.807, 2.05) is 37.6 Å². The maximum atomic E-state index is 4.41. The Kier molecular flexibility index (Phi) is 3.62. The van der Waals surface area contributed by atoms with Crippen LogP contribution in [0, 0.1) is 0 Å². The second kappa shape index (κ2) is 5.37. The molecule has 3 nitrogen and oxygen atoms in total. The van der Waals surface area contributed by atoms with Gasteiger partial charge in [0.25, 0.3) is 0 Å².